The number of hydrogen-bond acceptors (Lipinski definition) is 4. The van der Waals surface area contributed by atoms with Gasteiger partial charge in [0.15, 0.2) is 0 Å². The van der Waals surface area contributed by atoms with Gasteiger partial charge in [-0.25, -0.2) is 17.5 Å². The molecular weight excluding hydrogens is 295 g/mol. The van der Waals surface area contributed by atoms with Crippen LogP contribution in [-0.2, 0) is 14.8 Å². The number of likely N-dealkylation sites (N-methyl/N-ethyl adjacent to an activating group) is 1. The average molecular weight is 316 g/mol. The van der Waals surface area contributed by atoms with Crippen molar-refractivity contribution in [3.63, 3.8) is 0 Å². The second-order valence-electron chi connectivity index (χ2n) is 5.48. The van der Waals surface area contributed by atoms with E-state index in [2.05, 4.69) is 9.62 Å². The Kier molecular flexibility index (Phi) is 4.98. The number of morpholine rings is 1. The summed E-state index contributed by atoms with van der Waals surface area (Å²) in [6.07, 6.45) is -0.167. The zero-order valence-electron chi connectivity index (χ0n) is 12.5. The summed E-state index contributed by atoms with van der Waals surface area (Å²) in [6.45, 7) is 5.52. The van der Waals surface area contributed by atoms with E-state index in [1.165, 1.54) is 12.1 Å². The largest absolute Gasteiger partial charge is 0.374 e. The summed E-state index contributed by atoms with van der Waals surface area (Å²) in [5.41, 5.74) is 0.809. The molecule has 0 radical (unpaired) electrons. The molecule has 1 fully saturated rings. The first kappa shape index (κ1) is 16.4. The van der Waals surface area contributed by atoms with Gasteiger partial charge in [-0.3, -0.25) is 0 Å². The Hall–Kier alpha value is -1.02. The smallest absolute Gasteiger partial charge is 0.241 e. The van der Waals surface area contributed by atoms with Crippen LogP contribution < -0.4 is 4.72 Å². The van der Waals surface area contributed by atoms with Crippen molar-refractivity contribution in [1.29, 1.82) is 0 Å². The van der Waals surface area contributed by atoms with E-state index in [0.29, 0.717) is 24.3 Å². The third-order valence-electron chi connectivity index (χ3n) is 3.54. The molecule has 0 saturated carbocycles. The SMILES string of the molecule is Cc1cc(F)cc(C)c1S(=O)(=O)NCC1CN(C)CCO1. The first-order valence-corrected chi connectivity index (χ1v) is 8.34. The van der Waals surface area contributed by atoms with Crippen molar-refractivity contribution in [2.75, 3.05) is 33.3 Å². The fraction of sp³-hybridized carbons (Fsp3) is 0.571. The number of benzene rings is 1. The molecule has 1 unspecified atom stereocenters. The molecule has 0 aromatic heterocycles. The number of rotatable bonds is 4. The van der Waals surface area contributed by atoms with Crippen molar-refractivity contribution >= 4 is 10.0 Å². The van der Waals surface area contributed by atoms with Crippen LogP contribution >= 0.6 is 0 Å². The zero-order chi connectivity index (χ0) is 15.6. The van der Waals surface area contributed by atoms with Crippen LogP contribution in [0.15, 0.2) is 17.0 Å². The maximum absolute atomic E-state index is 13.3. The number of sulfonamides is 1. The van der Waals surface area contributed by atoms with Crippen LogP contribution in [0.2, 0.25) is 0 Å². The molecule has 1 N–H and O–H groups in total. The Bertz CT molecular complexity index is 596. The summed E-state index contributed by atoms with van der Waals surface area (Å²) in [7, 11) is -1.70. The molecule has 1 saturated heterocycles. The molecule has 21 heavy (non-hydrogen) atoms. The minimum absolute atomic E-state index is 0.146. The first-order valence-electron chi connectivity index (χ1n) is 6.86. The minimum atomic E-state index is -3.67. The van der Waals surface area contributed by atoms with Crippen molar-refractivity contribution in [3.05, 3.63) is 29.1 Å². The van der Waals surface area contributed by atoms with Gasteiger partial charge in [-0.2, -0.15) is 0 Å². The van der Waals surface area contributed by atoms with Gasteiger partial charge in [0.25, 0.3) is 0 Å². The standard InChI is InChI=1S/C14H21FN2O3S/c1-10-6-12(15)7-11(2)14(10)21(18,19)16-8-13-9-17(3)4-5-20-13/h6-7,13,16H,4-5,8-9H2,1-3H3. The highest BCUT2D eigenvalue weighted by molar-refractivity contribution is 7.89. The van der Waals surface area contributed by atoms with E-state index in [1.807, 2.05) is 7.05 Å². The van der Waals surface area contributed by atoms with Crippen molar-refractivity contribution in [1.82, 2.24) is 9.62 Å². The van der Waals surface area contributed by atoms with Crippen LogP contribution in [0.3, 0.4) is 0 Å². The van der Waals surface area contributed by atoms with Crippen molar-refractivity contribution in [2.24, 2.45) is 0 Å². The van der Waals surface area contributed by atoms with Gasteiger partial charge in [0.2, 0.25) is 10.0 Å². The number of nitrogens with zero attached hydrogens (tertiary/aromatic N) is 1. The fourth-order valence-electron chi connectivity index (χ4n) is 2.59. The van der Waals surface area contributed by atoms with E-state index in [1.54, 1.807) is 13.8 Å². The van der Waals surface area contributed by atoms with Crippen LogP contribution in [0.4, 0.5) is 4.39 Å². The lowest BCUT2D eigenvalue weighted by molar-refractivity contribution is -0.0156. The number of nitrogens with one attached hydrogen (secondary N) is 1. The van der Waals surface area contributed by atoms with Gasteiger partial charge in [-0.05, 0) is 44.2 Å². The average Bonchev–Trinajstić information content (AvgIpc) is 2.35. The molecule has 2 rings (SSSR count). The summed E-state index contributed by atoms with van der Waals surface area (Å²) in [4.78, 5) is 2.24. The normalized spacial score (nSPS) is 20.7. The fourth-order valence-corrected chi connectivity index (χ4v) is 4.10. The molecule has 0 bridgehead atoms. The molecule has 1 aliphatic heterocycles. The van der Waals surface area contributed by atoms with Crippen LogP contribution in [0, 0.1) is 19.7 Å². The molecule has 1 heterocycles. The first-order chi connectivity index (χ1) is 9.79. The molecule has 0 spiro atoms. The van der Waals surface area contributed by atoms with Gasteiger partial charge in [-0.15, -0.1) is 0 Å². The number of ether oxygens (including phenoxy) is 1. The Labute approximate surface area is 125 Å². The summed E-state index contributed by atoms with van der Waals surface area (Å²) in [5, 5.41) is 0. The Morgan fingerprint density at radius 3 is 2.57 bits per heavy atom. The van der Waals surface area contributed by atoms with Crippen molar-refractivity contribution < 1.29 is 17.5 Å². The Morgan fingerprint density at radius 1 is 1.38 bits per heavy atom. The second kappa shape index (κ2) is 6.39. The number of halogens is 1. The van der Waals surface area contributed by atoms with E-state index in [0.717, 1.165) is 6.54 Å². The molecule has 7 heteroatoms. The summed E-state index contributed by atoms with van der Waals surface area (Å²) < 4.78 is 46.2. The Morgan fingerprint density at radius 2 is 2.00 bits per heavy atom. The van der Waals surface area contributed by atoms with Gasteiger partial charge < -0.3 is 9.64 Å². The summed E-state index contributed by atoms with van der Waals surface area (Å²) >= 11 is 0. The predicted molar refractivity (Wildman–Crippen MR) is 78.3 cm³/mol. The van der Waals surface area contributed by atoms with Crippen LogP contribution in [0.1, 0.15) is 11.1 Å². The van der Waals surface area contributed by atoms with Crippen LogP contribution in [0.25, 0.3) is 0 Å². The van der Waals surface area contributed by atoms with Gasteiger partial charge in [0, 0.05) is 19.6 Å². The van der Waals surface area contributed by atoms with E-state index >= 15 is 0 Å². The highest BCUT2D eigenvalue weighted by atomic mass is 32.2. The topological polar surface area (TPSA) is 58.6 Å². The van der Waals surface area contributed by atoms with E-state index in [-0.39, 0.29) is 17.5 Å². The van der Waals surface area contributed by atoms with Crippen molar-refractivity contribution in [2.45, 2.75) is 24.8 Å². The second-order valence-corrected chi connectivity index (χ2v) is 7.18. The zero-order valence-corrected chi connectivity index (χ0v) is 13.3. The molecule has 1 aromatic rings. The van der Waals surface area contributed by atoms with Gasteiger partial charge in [0.1, 0.15) is 5.82 Å². The molecule has 1 aliphatic rings. The monoisotopic (exact) mass is 316 g/mol. The maximum atomic E-state index is 13.3. The van der Waals surface area contributed by atoms with E-state index < -0.39 is 15.8 Å². The number of hydrogen-bond donors (Lipinski definition) is 1. The molecule has 1 atom stereocenters. The van der Waals surface area contributed by atoms with Crippen LogP contribution in [-0.4, -0.2) is 52.7 Å². The third-order valence-corrected chi connectivity index (χ3v) is 5.26. The predicted octanol–water partition coefficient (Wildman–Crippen LogP) is 1.05. The van der Waals surface area contributed by atoms with Gasteiger partial charge >= 0.3 is 0 Å². The highest BCUT2D eigenvalue weighted by Gasteiger charge is 2.24. The lowest BCUT2D eigenvalue weighted by Crippen LogP contribution is -2.46. The number of aryl methyl sites for hydroxylation is 2. The minimum Gasteiger partial charge on any atom is -0.374 e. The van der Waals surface area contributed by atoms with Gasteiger partial charge in [0.05, 0.1) is 17.6 Å². The lowest BCUT2D eigenvalue weighted by atomic mass is 10.1. The van der Waals surface area contributed by atoms with E-state index in [4.69, 9.17) is 4.74 Å². The summed E-state index contributed by atoms with van der Waals surface area (Å²) in [6, 6.07) is 2.46. The highest BCUT2D eigenvalue weighted by Crippen LogP contribution is 2.21. The summed E-state index contributed by atoms with van der Waals surface area (Å²) in [5.74, 6) is -0.429. The third kappa shape index (κ3) is 4.00. The van der Waals surface area contributed by atoms with E-state index in [9.17, 15) is 12.8 Å². The molecule has 0 amide bonds. The molecule has 1 aromatic carbocycles. The molecule has 118 valence electrons. The Balaban J connectivity index is 2.12. The quantitative estimate of drug-likeness (QED) is 0.902. The van der Waals surface area contributed by atoms with Crippen LogP contribution in [0.5, 0.6) is 0 Å². The molecule has 0 aliphatic carbocycles. The molecule has 5 nitrogen and oxygen atoms in total. The van der Waals surface area contributed by atoms with Crippen molar-refractivity contribution in [3.8, 4) is 0 Å². The molecular formula is C14H21FN2O3S. The lowest BCUT2D eigenvalue weighted by Gasteiger charge is -2.30. The maximum Gasteiger partial charge on any atom is 0.241 e. The van der Waals surface area contributed by atoms with Gasteiger partial charge in [-0.1, -0.05) is 0 Å².